The summed E-state index contributed by atoms with van der Waals surface area (Å²) in [6, 6.07) is 17.0. The number of carbonyl (C=O) groups is 1. The molecule has 3 rings (SSSR count). The summed E-state index contributed by atoms with van der Waals surface area (Å²) in [5.41, 5.74) is 4.86. The molecule has 1 heterocycles. The van der Waals surface area contributed by atoms with Gasteiger partial charge in [-0.1, -0.05) is 55.8 Å². The van der Waals surface area contributed by atoms with Crippen LogP contribution in [0.2, 0.25) is 0 Å². The van der Waals surface area contributed by atoms with Gasteiger partial charge in [0.25, 0.3) is 0 Å². The van der Waals surface area contributed by atoms with Crippen LogP contribution in [0, 0.1) is 12.8 Å². The van der Waals surface area contributed by atoms with Crippen LogP contribution in [0.25, 0.3) is 0 Å². The largest absolute Gasteiger partial charge is 0.326 e. The normalized spacial score (nSPS) is 15.6. The number of benzene rings is 2. The van der Waals surface area contributed by atoms with Gasteiger partial charge >= 0.3 is 0 Å². The molecule has 1 aliphatic rings. The topological polar surface area (TPSA) is 35.6 Å². The Hall–Kier alpha value is -2.17. The van der Waals surface area contributed by atoms with Gasteiger partial charge in [-0.2, -0.15) is 0 Å². The molecule has 1 amide bonds. The van der Waals surface area contributed by atoms with Crippen molar-refractivity contribution >= 4 is 11.6 Å². The van der Waals surface area contributed by atoms with Crippen molar-refractivity contribution in [2.75, 3.05) is 31.5 Å². The molecule has 2 aromatic rings. The van der Waals surface area contributed by atoms with Crippen molar-refractivity contribution < 1.29 is 4.79 Å². The Morgan fingerprint density at radius 3 is 2.34 bits per heavy atom. The van der Waals surface area contributed by atoms with Crippen molar-refractivity contribution in [3.05, 3.63) is 65.2 Å². The van der Waals surface area contributed by atoms with Gasteiger partial charge in [0.2, 0.25) is 5.91 Å². The Balaban J connectivity index is 1.46. The van der Waals surface area contributed by atoms with Crippen molar-refractivity contribution in [3.63, 3.8) is 0 Å². The zero-order valence-corrected chi connectivity index (χ0v) is 18.2. The van der Waals surface area contributed by atoms with Crippen LogP contribution in [0.3, 0.4) is 0 Å². The number of piperidine rings is 1. The first kappa shape index (κ1) is 21.5. The Labute approximate surface area is 175 Å². The minimum absolute atomic E-state index is 0.110. The molecular weight excluding hydrogens is 358 g/mol. The molecular formula is C25H35N3O. The van der Waals surface area contributed by atoms with Crippen molar-refractivity contribution in [1.29, 1.82) is 0 Å². The molecule has 0 spiro atoms. The highest BCUT2D eigenvalue weighted by atomic mass is 16.1. The van der Waals surface area contributed by atoms with Gasteiger partial charge in [0.15, 0.2) is 0 Å². The number of nitrogens with one attached hydrogen (secondary N) is 1. The zero-order valence-electron chi connectivity index (χ0n) is 18.2. The molecule has 156 valence electrons. The van der Waals surface area contributed by atoms with Crippen LogP contribution in [0.5, 0.6) is 0 Å². The second-order valence-electron chi connectivity index (χ2n) is 8.19. The van der Waals surface area contributed by atoms with Crippen LogP contribution in [-0.2, 0) is 17.9 Å². The highest BCUT2D eigenvalue weighted by molar-refractivity contribution is 5.92. The second-order valence-corrected chi connectivity index (χ2v) is 8.19. The number of anilines is 1. The van der Waals surface area contributed by atoms with Crippen molar-refractivity contribution in [3.8, 4) is 0 Å². The van der Waals surface area contributed by atoms with E-state index < -0.39 is 0 Å². The predicted octanol–water partition coefficient (Wildman–Crippen LogP) is 4.69. The summed E-state index contributed by atoms with van der Waals surface area (Å²) in [7, 11) is 0. The van der Waals surface area contributed by atoms with Crippen molar-refractivity contribution in [2.24, 2.45) is 5.92 Å². The molecule has 1 saturated heterocycles. The van der Waals surface area contributed by atoms with Crippen molar-refractivity contribution in [2.45, 2.75) is 46.7 Å². The van der Waals surface area contributed by atoms with Gasteiger partial charge in [0, 0.05) is 24.7 Å². The Bertz CT molecular complexity index is 775. The predicted molar refractivity (Wildman–Crippen MR) is 121 cm³/mol. The van der Waals surface area contributed by atoms with Crippen LogP contribution in [0.4, 0.5) is 5.69 Å². The van der Waals surface area contributed by atoms with E-state index in [4.69, 9.17) is 0 Å². The number of amides is 1. The summed E-state index contributed by atoms with van der Waals surface area (Å²) in [4.78, 5) is 17.5. The minimum Gasteiger partial charge on any atom is -0.326 e. The van der Waals surface area contributed by atoms with Gasteiger partial charge in [-0.05, 0) is 69.2 Å². The van der Waals surface area contributed by atoms with Crippen LogP contribution in [0.1, 0.15) is 43.4 Å². The monoisotopic (exact) mass is 393 g/mol. The number of nitrogens with zero attached hydrogens (tertiary/aromatic N) is 2. The fourth-order valence-electron chi connectivity index (χ4n) is 4.07. The lowest BCUT2D eigenvalue weighted by Crippen LogP contribution is -2.37. The van der Waals surface area contributed by atoms with Gasteiger partial charge in [0.1, 0.15) is 0 Å². The van der Waals surface area contributed by atoms with E-state index in [9.17, 15) is 4.79 Å². The number of hydrogen-bond donors (Lipinski definition) is 1. The van der Waals surface area contributed by atoms with E-state index in [2.05, 4.69) is 72.3 Å². The zero-order chi connectivity index (χ0) is 20.6. The summed E-state index contributed by atoms with van der Waals surface area (Å²) < 4.78 is 0. The van der Waals surface area contributed by atoms with Crippen LogP contribution in [0.15, 0.2) is 48.5 Å². The number of aryl methyl sites for hydroxylation is 1. The average molecular weight is 394 g/mol. The SMILES string of the molecule is CCN(CC)Cc1ccc(NC(=O)C2CCN(Cc3cccc(C)c3)CC2)cc1. The molecule has 0 aliphatic carbocycles. The lowest BCUT2D eigenvalue weighted by atomic mass is 9.95. The minimum atomic E-state index is 0.110. The van der Waals surface area contributed by atoms with E-state index >= 15 is 0 Å². The molecule has 1 aliphatic heterocycles. The smallest absolute Gasteiger partial charge is 0.227 e. The second kappa shape index (κ2) is 10.6. The standard InChI is InChI=1S/C25H35N3O/c1-4-27(5-2)18-21-9-11-24(12-10-21)26-25(29)23-13-15-28(16-14-23)19-22-8-6-7-20(3)17-22/h6-12,17,23H,4-5,13-16,18-19H2,1-3H3,(H,26,29). The van der Waals surface area contributed by atoms with Gasteiger partial charge in [-0.3, -0.25) is 14.6 Å². The number of hydrogen-bond acceptors (Lipinski definition) is 3. The average Bonchev–Trinajstić information content (AvgIpc) is 2.73. The van der Waals surface area contributed by atoms with Gasteiger partial charge in [-0.15, -0.1) is 0 Å². The quantitative estimate of drug-likeness (QED) is 0.707. The first-order valence-corrected chi connectivity index (χ1v) is 11.0. The summed E-state index contributed by atoms with van der Waals surface area (Å²) in [5.74, 6) is 0.274. The summed E-state index contributed by atoms with van der Waals surface area (Å²) in [5, 5.41) is 3.12. The Kier molecular flexibility index (Phi) is 7.84. The summed E-state index contributed by atoms with van der Waals surface area (Å²) >= 11 is 0. The Morgan fingerprint density at radius 2 is 1.72 bits per heavy atom. The first-order chi connectivity index (χ1) is 14.1. The molecule has 0 atom stereocenters. The third-order valence-electron chi connectivity index (χ3n) is 5.97. The molecule has 0 radical (unpaired) electrons. The van der Waals surface area contributed by atoms with E-state index in [1.165, 1.54) is 16.7 Å². The van der Waals surface area contributed by atoms with Crippen LogP contribution < -0.4 is 5.32 Å². The molecule has 4 nitrogen and oxygen atoms in total. The van der Waals surface area contributed by atoms with E-state index in [0.29, 0.717) is 0 Å². The molecule has 1 fully saturated rings. The molecule has 0 unspecified atom stereocenters. The lowest BCUT2D eigenvalue weighted by Gasteiger charge is -2.31. The van der Waals surface area contributed by atoms with E-state index in [0.717, 1.165) is 57.8 Å². The first-order valence-electron chi connectivity index (χ1n) is 11.0. The van der Waals surface area contributed by atoms with E-state index in [1.54, 1.807) is 0 Å². The fraction of sp³-hybridized carbons (Fsp3) is 0.480. The van der Waals surface area contributed by atoms with Gasteiger partial charge < -0.3 is 5.32 Å². The molecule has 0 saturated carbocycles. The van der Waals surface area contributed by atoms with Crippen molar-refractivity contribution in [1.82, 2.24) is 9.80 Å². The summed E-state index contributed by atoms with van der Waals surface area (Å²) in [6.07, 6.45) is 1.86. The highest BCUT2D eigenvalue weighted by Crippen LogP contribution is 2.21. The number of likely N-dealkylation sites (tertiary alicyclic amines) is 1. The van der Waals surface area contributed by atoms with Gasteiger partial charge in [-0.25, -0.2) is 0 Å². The maximum absolute atomic E-state index is 12.7. The van der Waals surface area contributed by atoms with Crippen LogP contribution in [-0.4, -0.2) is 41.9 Å². The number of carbonyl (C=O) groups excluding carboxylic acids is 1. The molecule has 0 bridgehead atoms. The molecule has 29 heavy (non-hydrogen) atoms. The molecule has 2 aromatic carbocycles. The van der Waals surface area contributed by atoms with E-state index in [1.807, 2.05) is 12.1 Å². The third-order valence-corrected chi connectivity index (χ3v) is 5.97. The molecule has 0 aromatic heterocycles. The van der Waals surface area contributed by atoms with Crippen LogP contribution >= 0.6 is 0 Å². The van der Waals surface area contributed by atoms with Gasteiger partial charge in [0.05, 0.1) is 0 Å². The Morgan fingerprint density at radius 1 is 1.03 bits per heavy atom. The highest BCUT2D eigenvalue weighted by Gasteiger charge is 2.25. The molecule has 1 N–H and O–H groups in total. The number of rotatable bonds is 8. The lowest BCUT2D eigenvalue weighted by molar-refractivity contribution is -0.121. The molecule has 4 heteroatoms. The maximum atomic E-state index is 12.7. The summed E-state index contributed by atoms with van der Waals surface area (Å²) in [6.45, 7) is 12.5. The van der Waals surface area contributed by atoms with E-state index in [-0.39, 0.29) is 11.8 Å². The third kappa shape index (κ3) is 6.41. The maximum Gasteiger partial charge on any atom is 0.227 e. The fourth-order valence-corrected chi connectivity index (χ4v) is 4.07.